The van der Waals surface area contributed by atoms with Crippen LogP contribution in [0.5, 0.6) is 23.0 Å². The van der Waals surface area contributed by atoms with Crippen molar-refractivity contribution in [3.8, 4) is 23.0 Å². The predicted octanol–water partition coefficient (Wildman–Crippen LogP) is 2.98. The Kier molecular flexibility index (Phi) is 4.49. The van der Waals surface area contributed by atoms with Crippen molar-refractivity contribution < 1.29 is 29.0 Å². The molecule has 134 valence electrons. The van der Waals surface area contributed by atoms with Crippen molar-refractivity contribution in [1.82, 2.24) is 0 Å². The number of carbonyl (C=O) groups is 1. The zero-order chi connectivity index (χ0) is 18.8. The van der Waals surface area contributed by atoms with Gasteiger partial charge in [0.1, 0.15) is 18.1 Å². The SMILES string of the molecule is COc1ccc2c(c1)C(=O)/C(=C\c1cc(OC)c(O)c([N+](=O)[O-])c1)CO2. The minimum atomic E-state index is -0.723. The maximum atomic E-state index is 12.7. The zero-order valence-electron chi connectivity index (χ0n) is 14.0. The third kappa shape index (κ3) is 3.04. The number of carbonyl (C=O) groups excluding carboxylic acids is 1. The molecule has 2 aromatic rings. The quantitative estimate of drug-likeness (QED) is 0.509. The van der Waals surface area contributed by atoms with Crippen molar-refractivity contribution in [1.29, 1.82) is 0 Å². The minimum Gasteiger partial charge on any atom is -0.500 e. The second-order valence-electron chi connectivity index (χ2n) is 5.50. The van der Waals surface area contributed by atoms with E-state index in [1.807, 2.05) is 0 Å². The van der Waals surface area contributed by atoms with Gasteiger partial charge in [0.25, 0.3) is 0 Å². The van der Waals surface area contributed by atoms with E-state index in [1.165, 1.54) is 32.4 Å². The molecule has 8 nitrogen and oxygen atoms in total. The van der Waals surface area contributed by atoms with Crippen molar-refractivity contribution in [2.24, 2.45) is 0 Å². The van der Waals surface area contributed by atoms with Gasteiger partial charge in [0, 0.05) is 11.6 Å². The summed E-state index contributed by atoms with van der Waals surface area (Å²) in [5.41, 5.74) is 0.488. The summed E-state index contributed by atoms with van der Waals surface area (Å²) in [7, 11) is 2.78. The van der Waals surface area contributed by atoms with E-state index in [0.717, 1.165) is 0 Å². The van der Waals surface area contributed by atoms with E-state index >= 15 is 0 Å². The first-order valence-electron chi connectivity index (χ1n) is 7.56. The third-order valence-electron chi connectivity index (χ3n) is 3.94. The number of nitro benzene ring substituents is 1. The Balaban J connectivity index is 2.04. The van der Waals surface area contributed by atoms with Crippen LogP contribution in [0.4, 0.5) is 5.69 Å². The van der Waals surface area contributed by atoms with Gasteiger partial charge in [-0.25, -0.2) is 0 Å². The predicted molar refractivity (Wildman–Crippen MR) is 92.1 cm³/mol. The molecule has 3 rings (SSSR count). The van der Waals surface area contributed by atoms with Crippen LogP contribution in [-0.2, 0) is 0 Å². The molecular weight excluding hydrogens is 342 g/mol. The molecule has 0 bridgehead atoms. The van der Waals surface area contributed by atoms with Crippen molar-refractivity contribution in [2.45, 2.75) is 0 Å². The molecule has 0 aromatic heterocycles. The van der Waals surface area contributed by atoms with E-state index in [-0.39, 0.29) is 18.1 Å². The molecule has 0 amide bonds. The Morgan fingerprint density at radius 2 is 2.00 bits per heavy atom. The molecule has 1 N–H and O–H groups in total. The Hall–Kier alpha value is -3.55. The van der Waals surface area contributed by atoms with Gasteiger partial charge < -0.3 is 19.3 Å². The number of rotatable bonds is 4. The first kappa shape index (κ1) is 17.3. The number of aromatic hydroxyl groups is 1. The Bertz CT molecular complexity index is 933. The molecule has 0 atom stereocenters. The Morgan fingerprint density at radius 3 is 2.65 bits per heavy atom. The average Bonchev–Trinajstić information content (AvgIpc) is 2.64. The first-order chi connectivity index (χ1) is 12.4. The van der Waals surface area contributed by atoms with Crippen molar-refractivity contribution in [2.75, 3.05) is 20.8 Å². The van der Waals surface area contributed by atoms with Crippen LogP contribution in [0.3, 0.4) is 0 Å². The zero-order valence-corrected chi connectivity index (χ0v) is 14.0. The molecule has 1 aliphatic rings. The number of ether oxygens (including phenoxy) is 3. The van der Waals surface area contributed by atoms with Gasteiger partial charge in [-0.1, -0.05) is 0 Å². The standard InChI is InChI=1S/C18H15NO7/c1-24-12-3-4-15-13(8-12)17(20)11(9-26-15)5-10-6-14(19(22)23)18(21)16(7-10)25-2/h3-8,21H,9H2,1-2H3/b11-5-. The summed E-state index contributed by atoms with van der Waals surface area (Å²) >= 11 is 0. The molecular formula is C18H15NO7. The summed E-state index contributed by atoms with van der Waals surface area (Å²) in [5, 5.41) is 20.9. The Morgan fingerprint density at radius 1 is 1.23 bits per heavy atom. The molecule has 0 saturated carbocycles. The highest BCUT2D eigenvalue weighted by Crippen LogP contribution is 2.38. The number of fused-ring (bicyclic) bond motifs is 1. The number of methoxy groups -OCH3 is 2. The lowest BCUT2D eigenvalue weighted by molar-refractivity contribution is -0.386. The van der Waals surface area contributed by atoms with Gasteiger partial charge in [-0.3, -0.25) is 14.9 Å². The molecule has 0 saturated heterocycles. The van der Waals surface area contributed by atoms with Gasteiger partial charge in [0.15, 0.2) is 11.5 Å². The second kappa shape index (κ2) is 6.75. The van der Waals surface area contributed by atoms with Crippen molar-refractivity contribution >= 4 is 17.5 Å². The fourth-order valence-electron chi connectivity index (χ4n) is 2.63. The van der Waals surface area contributed by atoms with Gasteiger partial charge in [-0.15, -0.1) is 0 Å². The molecule has 1 aliphatic heterocycles. The van der Waals surface area contributed by atoms with Crippen LogP contribution in [0.15, 0.2) is 35.9 Å². The summed E-state index contributed by atoms with van der Waals surface area (Å²) in [6.45, 7) is 0.0230. The van der Waals surface area contributed by atoms with Gasteiger partial charge in [0.2, 0.25) is 5.75 Å². The van der Waals surface area contributed by atoms with E-state index in [4.69, 9.17) is 14.2 Å². The fraction of sp³-hybridized carbons (Fsp3) is 0.167. The van der Waals surface area contributed by atoms with E-state index in [2.05, 4.69) is 0 Å². The molecule has 0 unspecified atom stereocenters. The lowest BCUT2D eigenvalue weighted by Gasteiger charge is -2.19. The number of phenolic OH excluding ortho intramolecular Hbond substituents is 1. The van der Waals surface area contributed by atoms with E-state index < -0.39 is 16.4 Å². The lowest BCUT2D eigenvalue weighted by atomic mass is 9.98. The summed E-state index contributed by atoms with van der Waals surface area (Å²) in [6.07, 6.45) is 1.47. The Labute approximate surface area is 148 Å². The molecule has 26 heavy (non-hydrogen) atoms. The lowest BCUT2D eigenvalue weighted by Crippen LogP contribution is -2.19. The second-order valence-corrected chi connectivity index (χ2v) is 5.50. The summed E-state index contributed by atoms with van der Waals surface area (Å²) in [6, 6.07) is 7.49. The number of ketones is 1. The van der Waals surface area contributed by atoms with Crippen LogP contribution in [0.25, 0.3) is 6.08 Å². The number of benzene rings is 2. The molecule has 8 heteroatoms. The minimum absolute atomic E-state index is 0.0230. The van der Waals surface area contributed by atoms with Gasteiger partial charge in [-0.2, -0.15) is 0 Å². The van der Waals surface area contributed by atoms with Crippen molar-refractivity contribution in [3.63, 3.8) is 0 Å². The molecule has 1 heterocycles. The normalized spacial score (nSPS) is 14.5. The first-order valence-corrected chi connectivity index (χ1v) is 7.56. The van der Waals surface area contributed by atoms with Crippen LogP contribution < -0.4 is 14.2 Å². The molecule has 2 aromatic carbocycles. The number of phenols is 1. The highest BCUT2D eigenvalue weighted by molar-refractivity contribution is 6.14. The van der Waals surface area contributed by atoms with E-state index in [9.17, 15) is 20.0 Å². The van der Waals surface area contributed by atoms with Crippen LogP contribution in [0.1, 0.15) is 15.9 Å². The number of hydrogen-bond donors (Lipinski definition) is 1. The highest BCUT2D eigenvalue weighted by Gasteiger charge is 2.25. The van der Waals surface area contributed by atoms with Crippen LogP contribution in [0, 0.1) is 10.1 Å². The number of hydrogen-bond acceptors (Lipinski definition) is 7. The van der Waals surface area contributed by atoms with Gasteiger partial charge >= 0.3 is 5.69 Å². The van der Waals surface area contributed by atoms with Crippen LogP contribution >= 0.6 is 0 Å². The monoisotopic (exact) mass is 357 g/mol. The number of Topliss-reactive ketones (excluding diaryl/α,β-unsaturated/α-hetero) is 1. The summed E-state index contributed by atoms with van der Waals surface area (Å²) in [4.78, 5) is 23.1. The molecule has 0 aliphatic carbocycles. The smallest absolute Gasteiger partial charge is 0.315 e. The van der Waals surface area contributed by atoms with E-state index in [1.54, 1.807) is 18.2 Å². The van der Waals surface area contributed by atoms with Gasteiger partial charge in [0.05, 0.1) is 24.7 Å². The number of nitro groups is 1. The van der Waals surface area contributed by atoms with Gasteiger partial charge in [-0.05, 0) is 35.9 Å². The highest BCUT2D eigenvalue weighted by atomic mass is 16.6. The van der Waals surface area contributed by atoms with Crippen molar-refractivity contribution in [3.05, 3.63) is 57.1 Å². The van der Waals surface area contributed by atoms with E-state index in [0.29, 0.717) is 28.2 Å². The largest absolute Gasteiger partial charge is 0.500 e. The topological polar surface area (TPSA) is 108 Å². The molecule has 0 fully saturated rings. The van der Waals surface area contributed by atoms with Crippen LogP contribution in [0.2, 0.25) is 0 Å². The molecule has 0 radical (unpaired) electrons. The average molecular weight is 357 g/mol. The summed E-state index contributed by atoms with van der Waals surface area (Å²) < 4.78 is 15.7. The maximum Gasteiger partial charge on any atom is 0.315 e. The maximum absolute atomic E-state index is 12.7. The molecule has 0 spiro atoms. The third-order valence-corrected chi connectivity index (χ3v) is 3.94. The van der Waals surface area contributed by atoms with Crippen LogP contribution in [-0.4, -0.2) is 36.6 Å². The summed E-state index contributed by atoms with van der Waals surface area (Å²) in [5.74, 6) is 0.0733. The fourth-order valence-corrected chi connectivity index (χ4v) is 2.63. The number of nitrogens with zero attached hydrogens (tertiary/aromatic N) is 1.